The Labute approximate surface area is 104 Å². The summed E-state index contributed by atoms with van der Waals surface area (Å²) in [5, 5.41) is -1.02. The molecule has 0 bridgehead atoms. The molecule has 0 radical (unpaired) electrons. The highest BCUT2D eigenvalue weighted by Gasteiger charge is 2.65. The fourth-order valence-corrected chi connectivity index (χ4v) is 2.91. The molecule has 0 saturated heterocycles. The van der Waals surface area contributed by atoms with Crippen molar-refractivity contribution in [3.8, 4) is 0 Å². The molecule has 106 valence electrons. The maximum Gasteiger partial charge on any atom is 0.310 e. The number of sulfonamides is 1. The predicted octanol–water partition coefficient (Wildman–Crippen LogP) is 3.15. The molecule has 1 aromatic rings. The highest BCUT2D eigenvalue weighted by molar-refractivity contribution is 8.45. The van der Waals surface area contributed by atoms with Crippen LogP contribution in [0.5, 0.6) is 0 Å². The van der Waals surface area contributed by atoms with Crippen LogP contribution in [0.4, 0.5) is 19.4 Å². The van der Waals surface area contributed by atoms with E-state index in [9.17, 15) is 27.8 Å². The Morgan fingerprint density at radius 2 is 1.67 bits per heavy atom. The summed E-state index contributed by atoms with van der Waals surface area (Å²) in [5.41, 5.74) is 0. The minimum Gasteiger partial charge on any atom is -0.257 e. The molecule has 0 atom stereocenters. The number of halogens is 6. The first-order valence-corrected chi connectivity index (χ1v) is 7.75. The molecular formula is C6H6ClF5N2O2S2. The molecule has 0 aliphatic carbocycles. The van der Waals surface area contributed by atoms with E-state index in [0.717, 1.165) is 0 Å². The first-order valence-electron chi connectivity index (χ1n) is 3.93. The third kappa shape index (κ3) is 3.23. The summed E-state index contributed by atoms with van der Waals surface area (Å²) in [6.07, 6.45) is 0. The zero-order valence-electron chi connectivity index (χ0n) is 8.21. The van der Waals surface area contributed by atoms with Crippen LogP contribution in [0.3, 0.4) is 0 Å². The Bertz CT molecular complexity index is 600. The molecule has 0 heterocycles. The zero-order chi connectivity index (χ0) is 14.5. The average Bonchev–Trinajstić information content (AvgIpc) is 2.13. The van der Waals surface area contributed by atoms with Crippen LogP contribution < -0.4 is 10.7 Å². The van der Waals surface area contributed by atoms with Crippen LogP contribution in [0.15, 0.2) is 28.0 Å². The summed E-state index contributed by atoms with van der Waals surface area (Å²) >= 11 is 5.23. The van der Waals surface area contributed by atoms with Crippen molar-refractivity contribution in [1.82, 2.24) is 4.83 Å². The van der Waals surface area contributed by atoms with Crippen molar-refractivity contribution in [3.05, 3.63) is 23.2 Å². The van der Waals surface area contributed by atoms with Crippen LogP contribution in [0.2, 0.25) is 5.02 Å². The van der Waals surface area contributed by atoms with Crippen molar-refractivity contribution >= 4 is 31.8 Å². The molecule has 0 spiro atoms. The van der Waals surface area contributed by atoms with Crippen LogP contribution in [-0.2, 0) is 10.0 Å². The van der Waals surface area contributed by atoms with E-state index in [-0.39, 0.29) is 12.1 Å². The summed E-state index contributed by atoms with van der Waals surface area (Å²) in [6, 6.07) is 0.0652. The molecule has 3 N–H and O–H groups in total. The zero-order valence-corrected chi connectivity index (χ0v) is 10.6. The minimum absolute atomic E-state index is 0.0718. The van der Waals surface area contributed by atoms with Crippen LogP contribution in [0.25, 0.3) is 0 Å². The number of hydrazine groups is 1. The van der Waals surface area contributed by atoms with Gasteiger partial charge in [-0.05, 0) is 18.2 Å². The number of benzene rings is 1. The van der Waals surface area contributed by atoms with Gasteiger partial charge in [-0.3, -0.25) is 5.84 Å². The van der Waals surface area contributed by atoms with E-state index in [4.69, 9.17) is 11.6 Å². The number of nitrogens with two attached hydrogens (primary N) is 1. The molecule has 0 unspecified atom stereocenters. The molecule has 0 aliphatic rings. The quantitative estimate of drug-likeness (QED) is 0.507. The van der Waals surface area contributed by atoms with Gasteiger partial charge in [0.05, 0.1) is 5.02 Å². The second-order valence-electron chi connectivity index (χ2n) is 3.18. The maximum absolute atomic E-state index is 12.4. The van der Waals surface area contributed by atoms with Gasteiger partial charge in [0.2, 0.25) is 0 Å². The molecule has 0 fully saturated rings. The van der Waals surface area contributed by atoms with Gasteiger partial charge in [-0.15, -0.1) is 0 Å². The lowest BCUT2D eigenvalue weighted by Crippen LogP contribution is -2.30. The van der Waals surface area contributed by atoms with Crippen molar-refractivity contribution in [2.45, 2.75) is 9.79 Å². The fourth-order valence-electron chi connectivity index (χ4n) is 1.00. The molecule has 1 rings (SSSR count). The van der Waals surface area contributed by atoms with E-state index >= 15 is 0 Å². The Kier molecular flexibility index (Phi) is 2.98. The predicted molar refractivity (Wildman–Crippen MR) is 57.4 cm³/mol. The van der Waals surface area contributed by atoms with Gasteiger partial charge in [-0.1, -0.05) is 31.0 Å². The van der Waals surface area contributed by atoms with Crippen molar-refractivity contribution in [2.24, 2.45) is 5.84 Å². The van der Waals surface area contributed by atoms with E-state index in [1.807, 2.05) is 0 Å². The lowest BCUT2D eigenvalue weighted by atomic mass is 10.4. The van der Waals surface area contributed by atoms with Gasteiger partial charge in [0.25, 0.3) is 10.0 Å². The average molecular weight is 333 g/mol. The van der Waals surface area contributed by atoms with Gasteiger partial charge < -0.3 is 0 Å². The smallest absolute Gasteiger partial charge is 0.257 e. The number of nitrogens with one attached hydrogen (secondary N) is 1. The molecule has 12 heteroatoms. The van der Waals surface area contributed by atoms with E-state index in [1.54, 1.807) is 0 Å². The lowest BCUT2D eigenvalue weighted by molar-refractivity contribution is 0.364. The summed E-state index contributed by atoms with van der Waals surface area (Å²) in [5.74, 6) is 4.62. The summed E-state index contributed by atoms with van der Waals surface area (Å²) < 4.78 is 84.3. The van der Waals surface area contributed by atoms with E-state index in [0.29, 0.717) is 6.07 Å². The monoisotopic (exact) mass is 332 g/mol. The van der Waals surface area contributed by atoms with Gasteiger partial charge in [0, 0.05) is 0 Å². The van der Waals surface area contributed by atoms with Crippen molar-refractivity contribution in [2.75, 3.05) is 0 Å². The van der Waals surface area contributed by atoms with Crippen molar-refractivity contribution in [3.63, 3.8) is 0 Å². The van der Waals surface area contributed by atoms with Gasteiger partial charge >= 0.3 is 10.2 Å². The first kappa shape index (κ1) is 15.4. The molecule has 0 aromatic heterocycles. The standard InChI is InChI=1S/C6H6ClF5N2O2S2/c7-5-3-4(18(8,9,10,11)12)1-2-6(5)17(15,16)14-13/h1-3,14H,13H2. The Hall–Kier alpha value is -0.620. The number of rotatable bonds is 3. The molecular weight excluding hydrogens is 327 g/mol. The number of hydrogen-bond acceptors (Lipinski definition) is 3. The second-order valence-corrected chi connectivity index (χ2v) is 7.68. The molecule has 4 nitrogen and oxygen atoms in total. The lowest BCUT2D eigenvalue weighted by Gasteiger charge is -2.40. The summed E-state index contributed by atoms with van der Waals surface area (Å²) in [6.45, 7) is 0. The van der Waals surface area contributed by atoms with Gasteiger partial charge in [0.15, 0.2) is 0 Å². The van der Waals surface area contributed by atoms with Crippen LogP contribution in [0.1, 0.15) is 0 Å². The second kappa shape index (κ2) is 3.48. The summed E-state index contributed by atoms with van der Waals surface area (Å²) in [4.78, 5) is -1.81. The Morgan fingerprint density at radius 1 is 1.17 bits per heavy atom. The molecule has 18 heavy (non-hydrogen) atoms. The normalized spacial score (nSPS) is 17.1. The Balaban J connectivity index is 3.52. The summed E-state index contributed by atoms with van der Waals surface area (Å²) in [7, 11) is -14.2. The van der Waals surface area contributed by atoms with E-state index in [1.165, 1.54) is 4.83 Å². The van der Waals surface area contributed by atoms with Crippen LogP contribution in [0, 0.1) is 0 Å². The Morgan fingerprint density at radius 3 is 2.00 bits per heavy atom. The van der Waals surface area contributed by atoms with Crippen molar-refractivity contribution < 1.29 is 27.8 Å². The van der Waals surface area contributed by atoms with Crippen molar-refractivity contribution in [1.29, 1.82) is 0 Å². The first-order chi connectivity index (χ1) is 7.67. The SMILES string of the molecule is NNS(=O)(=O)c1ccc(S(F)(F)(F)(F)F)cc1Cl. The molecule has 0 saturated carbocycles. The van der Waals surface area contributed by atoms with Gasteiger partial charge in [0.1, 0.15) is 9.79 Å². The fraction of sp³-hybridized carbons (Fsp3) is 0. The topological polar surface area (TPSA) is 72.2 Å². The van der Waals surface area contributed by atoms with E-state index < -0.39 is 35.1 Å². The molecule has 1 aromatic carbocycles. The molecule has 0 aliphatic heterocycles. The highest BCUT2D eigenvalue weighted by atomic mass is 35.5. The van der Waals surface area contributed by atoms with Gasteiger partial charge in [-0.2, -0.15) is 4.83 Å². The third-order valence-corrected chi connectivity index (χ3v) is 4.61. The maximum atomic E-state index is 12.4. The van der Waals surface area contributed by atoms with Crippen LogP contribution in [-0.4, -0.2) is 8.42 Å². The highest BCUT2D eigenvalue weighted by Crippen LogP contribution is 3.02. The van der Waals surface area contributed by atoms with E-state index in [2.05, 4.69) is 5.84 Å². The van der Waals surface area contributed by atoms with Gasteiger partial charge in [-0.25, -0.2) is 8.42 Å². The van der Waals surface area contributed by atoms with Crippen LogP contribution >= 0.6 is 21.8 Å². The molecule has 0 amide bonds. The largest absolute Gasteiger partial charge is 0.310 e. The third-order valence-electron chi connectivity index (χ3n) is 1.79. The number of hydrogen-bond donors (Lipinski definition) is 2. The minimum atomic E-state index is -9.89.